The summed E-state index contributed by atoms with van der Waals surface area (Å²) < 4.78 is 177. The number of sulfonamides is 1. The SMILES string of the molecule is O=C(CCc1cc(-c2ccc(C(F)(F)F)nc2)c(Cl)cn1)[C@@H]1C[C@@H](F)CN1.O=C(CCc1cc(-c2ccc(C(F)(F)F)nc2)c(Cl)cn1)[C@@H]1C[C@@H](F)CN1S(=O)(=O)c1ccc(F)cc1.O=S(=O)(Cl)c1ccc(F)cc1. The number of pyridine rings is 4. The molecule has 75 heavy (non-hydrogen) atoms. The molecule has 2 aliphatic rings. The highest BCUT2D eigenvalue weighted by Crippen LogP contribution is 2.35. The molecule has 0 amide bonds. The fourth-order valence-electron chi connectivity index (χ4n) is 7.56. The predicted molar refractivity (Wildman–Crippen MR) is 256 cm³/mol. The van der Waals surface area contributed by atoms with Crippen molar-refractivity contribution in [3.05, 3.63) is 154 Å². The van der Waals surface area contributed by atoms with Crippen LogP contribution in [-0.2, 0) is 53.9 Å². The quantitative estimate of drug-likeness (QED) is 0.0863. The fourth-order valence-corrected chi connectivity index (χ4v) is 10.4. The number of halogens is 13. The molecule has 0 saturated carbocycles. The highest BCUT2D eigenvalue weighted by molar-refractivity contribution is 8.13. The number of rotatable bonds is 13. The summed E-state index contributed by atoms with van der Waals surface area (Å²) in [6, 6.07) is 13.9. The summed E-state index contributed by atoms with van der Waals surface area (Å²) in [5, 5.41) is 3.26. The Bertz CT molecular complexity index is 3200. The number of benzene rings is 2. The van der Waals surface area contributed by atoms with Crippen LogP contribution in [0.5, 0.6) is 0 Å². The van der Waals surface area contributed by atoms with Gasteiger partial charge in [-0.1, -0.05) is 35.3 Å². The van der Waals surface area contributed by atoms with E-state index in [-0.39, 0.29) is 64.3 Å². The first-order valence-corrected chi connectivity index (χ1v) is 26.5. The van der Waals surface area contributed by atoms with E-state index < -0.39 is 91.2 Å². The molecule has 400 valence electrons. The lowest BCUT2D eigenvalue weighted by Crippen LogP contribution is -2.40. The highest BCUT2D eigenvalue weighted by atomic mass is 35.7. The Morgan fingerprint density at radius 3 is 1.47 bits per heavy atom. The molecule has 8 rings (SSSR count). The molecule has 0 aliphatic carbocycles. The largest absolute Gasteiger partial charge is 0.433 e. The van der Waals surface area contributed by atoms with Gasteiger partial charge in [0.05, 0.1) is 31.9 Å². The van der Waals surface area contributed by atoms with Gasteiger partial charge in [0, 0.05) is 108 Å². The summed E-state index contributed by atoms with van der Waals surface area (Å²) in [6.07, 6.45) is -6.61. The Morgan fingerprint density at radius 1 is 0.613 bits per heavy atom. The number of Topliss-reactive ketones (excluding diaryl/α,β-unsaturated/α-hetero) is 2. The molecule has 2 aromatic carbocycles. The topological polar surface area (TPSA) is 169 Å². The number of carbonyl (C=O) groups is 2. The molecule has 0 bridgehead atoms. The van der Waals surface area contributed by atoms with Gasteiger partial charge in [-0.15, -0.1) is 0 Å². The minimum Gasteiger partial charge on any atom is -0.304 e. The van der Waals surface area contributed by atoms with Gasteiger partial charge in [-0.2, -0.15) is 30.6 Å². The molecule has 2 saturated heterocycles. The fraction of sp³-hybridized carbons (Fsp3) is 0.292. The number of hydrogen-bond donors (Lipinski definition) is 1. The standard InChI is InChI=1S/C24H19ClF5N3O3S.C18H16ClF4N3O.C6H4ClFO2S/c25-20-12-31-17(10-19(20)14-1-8-23(32-11-14)24(28,29)30)4-7-22(34)21-9-16(27)13-33(21)37(35,36)18-5-2-15(26)3-6-18;19-14-9-24-12(2-3-16(27)15-5-11(20)8-25-15)6-13(14)10-1-4-17(26-7-10)18(21,22)23;7-11(9,10)6-3-1-5(8)2-4-6/h1-3,5-6,8,10-12,16,21H,4,7,9,13H2;1,4,6-7,9,11,15,25H,2-3,5,8H2;1-4H/t16-,21+;11-,15+;/m11./s1. The van der Waals surface area contributed by atoms with Crippen molar-refractivity contribution < 1.29 is 70.3 Å². The van der Waals surface area contributed by atoms with Crippen molar-refractivity contribution in [2.24, 2.45) is 0 Å². The first-order valence-electron chi connectivity index (χ1n) is 22.0. The second kappa shape index (κ2) is 24.6. The number of ketones is 2. The Hall–Kier alpha value is -5.63. The molecule has 2 fully saturated rings. The van der Waals surface area contributed by atoms with Gasteiger partial charge in [-0.05, 0) is 85.6 Å². The van der Waals surface area contributed by atoms with Crippen LogP contribution < -0.4 is 5.32 Å². The number of aromatic nitrogens is 4. The van der Waals surface area contributed by atoms with Crippen molar-refractivity contribution in [2.75, 3.05) is 13.1 Å². The van der Waals surface area contributed by atoms with Crippen molar-refractivity contribution >= 4 is 64.5 Å². The maximum atomic E-state index is 14.2. The molecule has 0 radical (unpaired) electrons. The summed E-state index contributed by atoms with van der Waals surface area (Å²) in [6.45, 7) is -0.318. The van der Waals surface area contributed by atoms with Crippen molar-refractivity contribution in [3.63, 3.8) is 0 Å². The third kappa shape index (κ3) is 16.0. The zero-order valence-electron chi connectivity index (χ0n) is 38.3. The predicted octanol–water partition coefficient (Wildman–Crippen LogP) is 11.0. The van der Waals surface area contributed by atoms with E-state index in [0.717, 1.165) is 77.4 Å². The van der Waals surface area contributed by atoms with Crippen molar-refractivity contribution in [2.45, 2.75) is 85.1 Å². The number of carbonyl (C=O) groups excluding carboxylic acids is 2. The number of alkyl halides is 8. The summed E-state index contributed by atoms with van der Waals surface area (Å²) in [7, 11) is -3.00. The van der Waals surface area contributed by atoms with Gasteiger partial charge in [0.25, 0.3) is 9.05 Å². The molecule has 27 heteroatoms. The van der Waals surface area contributed by atoms with E-state index in [1.54, 1.807) is 6.07 Å². The average Bonchev–Trinajstić information content (AvgIpc) is 3.99. The van der Waals surface area contributed by atoms with Gasteiger partial charge in [-0.25, -0.2) is 34.4 Å². The molecule has 1 N–H and O–H groups in total. The van der Waals surface area contributed by atoms with Crippen LogP contribution in [0.4, 0.5) is 43.9 Å². The Labute approximate surface area is 437 Å². The minimum absolute atomic E-state index is 0.0505. The second-order valence-electron chi connectivity index (χ2n) is 16.7. The van der Waals surface area contributed by atoms with Crippen LogP contribution in [0, 0.1) is 11.6 Å². The Morgan fingerprint density at radius 2 is 1.07 bits per heavy atom. The maximum absolute atomic E-state index is 14.2. The lowest BCUT2D eigenvalue weighted by atomic mass is 10.0. The molecule has 0 unspecified atom stereocenters. The Balaban J connectivity index is 0.000000209. The molecule has 6 heterocycles. The lowest BCUT2D eigenvalue weighted by Gasteiger charge is -2.22. The van der Waals surface area contributed by atoms with Crippen LogP contribution in [-0.4, -0.2) is 90.2 Å². The van der Waals surface area contributed by atoms with Crippen LogP contribution in [0.2, 0.25) is 10.0 Å². The van der Waals surface area contributed by atoms with E-state index >= 15 is 0 Å². The van der Waals surface area contributed by atoms with E-state index in [4.69, 9.17) is 33.9 Å². The van der Waals surface area contributed by atoms with Crippen LogP contribution in [0.3, 0.4) is 0 Å². The lowest BCUT2D eigenvalue weighted by molar-refractivity contribution is -0.141. The van der Waals surface area contributed by atoms with Crippen LogP contribution in [0.25, 0.3) is 22.3 Å². The molecule has 4 atom stereocenters. The third-order valence-electron chi connectivity index (χ3n) is 11.4. The minimum atomic E-state index is -4.59. The third-order valence-corrected chi connectivity index (χ3v) is 15.2. The summed E-state index contributed by atoms with van der Waals surface area (Å²) in [5.74, 6) is -1.75. The molecule has 4 aromatic heterocycles. The molecular weight excluding hydrogens is 1120 g/mol. The second-order valence-corrected chi connectivity index (χ2v) is 21.9. The molecule has 0 spiro atoms. The summed E-state index contributed by atoms with van der Waals surface area (Å²) in [5.41, 5.74) is 0.449. The zero-order chi connectivity index (χ0) is 55.0. The number of hydrogen-bond acceptors (Lipinski definition) is 11. The van der Waals surface area contributed by atoms with E-state index in [2.05, 4.69) is 25.3 Å². The smallest absolute Gasteiger partial charge is 0.304 e. The van der Waals surface area contributed by atoms with Crippen LogP contribution in [0.15, 0.2) is 120 Å². The molecule has 2 aliphatic heterocycles. The normalized spacial score (nSPS) is 18.1. The van der Waals surface area contributed by atoms with Gasteiger partial charge in [-0.3, -0.25) is 29.5 Å². The van der Waals surface area contributed by atoms with E-state index in [1.165, 1.54) is 30.6 Å². The number of aryl methyl sites for hydroxylation is 2. The van der Waals surface area contributed by atoms with Gasteiger partial charge < -0.3 is 5.32 Å². The first kappa shape index (κ1) is 58.6. The van der Waals surface area contributed by atoms with Crippen molar-refractivity contribution in [1.82, 2.24) is 29.6 Å². The van der Waals surface area contributed by atoms with Crippen molar-refractivity contribution in [3.8, 4) is 22.3 Å². The zero-order valence-corrected chi connectivity index (χ0v) is 42.2. The van der Waals surface area contributed by atoms with Crippen LogP contribution >= 0.6 is 33.9 Å². The van der Waals surface area contributed by atoms with E-state index in [9.17, 15) is 70.3 Å². The average molecular weight is 1160 g/mol. The van der Waals surface area contributed by atoms with Gasteiger partial charge in [0.1, 0.15) is 41.1 Å². The monoisotopic (exact) mass is 1150 g/mol. The highest BCUT2D eigenvalue weighted by Gasteiger charge is 2.44. The molecule has 6 aromatic rings. The maximum Gasteiger partial charge on any atom is 0.433 e. The Kier molecular flexibility index (Phi) is 19.2. The summed E-state index contributed by atoms with van der Waals surface area (Å²) in [4.78, 5) is 39.9. The van der Waals surface area contributed by atoms with Gasteiger partial charge in [0.2, 0.25) is 10.0 Å². The van der Waals surface area contributed by atoms with E-state index in [0.29, 0.717) is 40.1 Å². The summed E-state index contributed by atoms with van der Waals surface area (Å²) >= 11 is 12.3. The molecule has 12 nitrogen and oxygen atoms in total. The molecular formula is C48H39Cl3F10N6O6S2. The van der Waals surface area contributed by atoms with E-state index in [1.807, 2.05) is 0 Å². The number of nitrogens with zero attached hydrogens (tertiary/aromatic N) is 5. The van der Waals surface area contributed by atoms with Crippen LogP contribution in [0.1, 0.15) is 48.5 Å². The van der Waals surface area contributed by atoms with Gasteiger partial charge >= 0.3 is 12.4 Å². The van der Waals surface area contributed by atoms with Crippen molar-refractivity contribution in [1.29, 1.82) is 0 Å². The number of nitrogens with one attached hydrogen (secondary N) is 1. The van der Waals surface area contributed by atoms with Gasteiger partial charge in [0.15, 0.2) is 5.78 Å². The first-order chi connectivity index (χ1) is 35.1.